The van der Waals surface area contributed by atoms with E-state index in [1.807, 2.05) is 0 Å². The molecule has 0 unspecified atom stereocenters. The summed E-state index contributed by atoms with van der Waals surface area (Å²) >= 11 is 0.998. The average molecular weight is 327 g/mol. The number of sulfonamides is 1. The highest BCUT2D eigenvalue weighted by atomic mass is 32.2. The topological polar surface area (TPSA) is 92.2 Å². The zero-order valence-electron chi connectivity index (χ0n) is 11.4. The molecule has 21 heavy (non-hydrogen) atoms. The predicted molar refractivity (Wildman–Crippen MR) is 80.6 cm³/mol. The van der Waals surface area contributed by atoms with Crippen LogP contribution in [0.2, 0.25) is 0 Å². The number of benzene rings is 1. The van der Waals surface area contributed by atoms with Crippen molar-refractivity contribution >= 4 is 32.8 Å². The Labute approximate surface area is 127 Å². The fourth-order valence-corrected chi connectivity index (χ4v) is 4.76. The van der Waals surface area contributed by atoms with Crippen LogP contribution in [-0.4, -0.2) is 35.4 Å². The van der Waals surface area contributed by atoms with Crippen LogP contribution in [0.25, 0.3) is 11.0 Å². The molecule has 3 rings (SSSR count). The van der Waals surface area contributed by atoms with Crippen LogP contribution < -0.4 is 4.72 Å². The van der Waals surface area contributed by atoms with Gasteiger partial charge in [-0.25, -0.2) is 13.1 Å². The van der Waals surface area contributed by atoms with Crippen molar-refractivity contribution in [1.82, 2.24) is 13.5 Å². The minimum atomic E-state index is -3.65. The molecule has 8 heteroatoms. The van der Waals surface area contributed by atoms with Gasteiger partial charge in [0, 0.05) is 18.6 Å². The van der Waals surface area contributed by atoms with Gasteiger partial charge in [0.25, 0.3) is 0 Å². The predicted octanol–water partition coefficient (Wildman–Crippen LogP) is 1.52. The van der Waals surface area contributed by atoms with E-state index in [0.29, 0.717) is 11.0 Å². The highest BCUT2D eigenvalue weighted by molar-refractivity contribution is 7.89. The van der Waals surface area contributed by atoms with Gasteiger partial charge in [-0.1, -0.05) is 18.9 Å². The van der Waals surface area contributed by atoms with Gasteiger partial charge in [-0.15, -0.1) is 0 Å². The van der Waals surface area contributed by atoms with Gasteiger partial charge in [-0.05, 0) is 25.0 Å². The molecular weight excluding hydrogens is 310 g/mol. The summed E-state index contributed by atoms with van der Waals surface area (Å²) in [4.78, 5) is 0.153. The van der Waals surface area contributed by atoms with E-state index in [0.717, 1.165) is 37.4 Å². The van der Waals surface area contributed by atoms with Gasteiger partial charge in [0.05, 0.1) is 11.7 Å². The largest absolute Gasteiger partial charge is 0.396 e. The first-order valence-electron chi connectivity index (χ1n) is 6.88. The van der Waals surface area contributed by atoms with E-state index in [-0.39, 0.29) is 23.5 Å². The Morgan fingerprint density at radius 1 is 1.29 bits per heavy atom. The molecule has 1 aromatic carbocycles. The summed E-state index contributed by atoms with van der Waals surface area (Å²) in [5.74, 6) is 0. The first-order valence-corrected chi connectivity index (χ1v) is 9.10. The number of fused-ring (bicyclic) bond motifs is 1. The minimum Gasteiger partial charge on any atom is -0.396 e. The molecule has 0 amide bonds. The molecule has 1 heterocycles. The summed E-state index contributed by atoms with van der Waals surface area (Å²) in [5, 5.41) is 9.57. The second-order valence-corrected chi connectivity index (χ2v) is 7.84. The van der Waals surface area contributed by atoms with E-state index in [1.165, 1.54) is 6.07 Å². The molecule has 1 saturated carbocycles. The van der Waals surface area contributed by atoms with E-state index in [9.17, 15) is 13.5 Å². The summed E-state index contributed by atoms with van der Waals surface area (Å²) in [6.45, 7) is 0.276. The molecular formula is C13H17N3O3S2. The molecule has 2 N–H and O–H groups in total. The van der Waals surface area contributed by atoms with Crippen molar-refractivity contribution in [2.75, 3.05) is 13.2 Å². The first-order chi connectivity index (χ1) is 10.1. The number of aliphatic hydroxyl groups is 1. The molecule has 0 atom stereocenters. The minimum absolute atomic E-state index is 0.0119. The maximum Gasteiger partial charge on any atom is 0.242 e. The molecule has 2 aromatic rings. The van der Waals surface area contributed by atoms with Gasteiger partial charge in [0.15, 0.2) is 0 Å². The Hall–Kier alpha value is -1.09. The van der Waals surface area contributed by atoms with Gasteiger partial charge in [-0.2, -0.15) is 8.75 Å². The smallest absolute Gasteiger partial charge is 0.242 e. The lowest BCUT2D eigenvalue weighted by Gasteiger charge is -2.26. The summed E-state index contributed by atoms with van der Waals surface area (Å²) in [6.07, 6.45) is 3.78. The van der Waals surface area contributed by atoms with E-state index in [1.54, 1.807) is 12.1 Å². The van der Waals surface area contributed by atoms with Gasteiger partial charge in [0.1, 0.15) is 15.9 Å². The van der Waals surface area contributed by atoms with Crippen LogP contribution in [0.3, 0.4) is 0 Å². The van der Waals surface area contributed by atoms with Crippen molar-refractivity contribution in [3.63, 3.8) is 0 Å². The Morgan fingerprint density at radius 3 is 2.76 bits per heavy atom. The molecule has 6 nitrogen and oxygen atoms in total. The number of aliphatic hydroxyl groups excluding tert-OH is 1. The third kappa shape index (κ3) is 2.80. The van der Waals surface area contributed by atoms with Crippen molar-refractivity contribution in [2.45, 2.75) is 30.6 Å². The number of nitrogens with one attached hydrogen (secondary N) is 1. The molecule has 1 aliphatic rings. The zero-order valence-corrected chi connectivity index (χ0v) is 13.1. The van der Waals surface area contributed by atoms with Crippen molar-refractivity contribution in [3.8, 4) is 0 Å². The van der Waals surface area contributed by atoms with Gasteiger partial charge in [0.2, 0.25) is 10.0 Å². The fourth-order valence-electron chi connectivity index (χ4n) is 2.84. The lowest BCUT2D eigenvalue weighted by Crippen LogP contribution is -2.38. The Morgan fingerprint density at radius 2 is 2.05 bits per heavy atom. The zero-order chi connectivity index (χ0) is 14.9. The van der Waals surface area contributed by atoms with Crippen LogP contribution in [0.1, 0.15) is 25.7 Å². The van der Waals surface area contributed by atoms with Gasteiger partial charge in [-0.3, -0.25) is 0 Å². The molecule has 1 fully saturated rings. The summed E-state index contributed by atoms with van der Waals surface area (Å²) in [6, 6.07) is 4.94. The van der Waals surface area contributed by atoms with Crippen LogP contribution in [0.5, 0.6) is 0 Å². The molecule has 114 valence electrons. The Balaban J connectivity index is 1.85. The van der Waals surface area contributed by atoms with E-state index >= 15 is 0 Å². The van der Waals surface area contributed by atoms with Gasteiger partial charge < -0.3 is 5.11 Å². The summed E-state index contributed by atoms with van der Waals surface area (Å²) in [7, 11) is -3.65. The second kappa shape index (κ2) is 5.60. The monoisotopic (exact) mass is 327 g/mol. The molecule has 0 aliphatic heterocycles. The van der Waals surface area contributed by atoms with Crippen LogP contribution in [-0.2, 0) is 10.0 Å². The van der Waals surface area contributed by atoms with Crippen LogP contribution >= 0.6 is 11.7 Å². The molecule has 1 aliphatic carbocycles. The quantitative estimate of drug-likeness (QED) is 0.869. The Kier molecular flexibility index (Phi) is 3.96. The van der Waals surface area contributed by atoms with E-state index < -0.39 is 10.0 Å². The van der Waals surface area contributed by atoms with Crippen LogP contribution in [0, 0.1) is 5.41 Å². The maximum atomic E-state index is 12.5. The summed E-state index contributed by atoms with van der Waals surface area (Å²) in [5.41, 5.74) is 0.668. The van der Waals surface area contributed by atoms with Crippen LogP contribution in [0.15, 0.2) is 23.1 Å². The van der Waals surface area contributed by atoms with Gasteiger partial charge >= 0.3 is 0 Å². The number of rotatable bonds is 5. The van der Waals surface area contributed by atoms with E-state index in [4.69, 9.17) is 0 Å². The molecule has 0 spiro atoms. The van der Waals surface area contributed by atoms with Crippen molar-refractivity contribution in [3.05, 3.63) is 18.2 Å². The third-order valence-corrected chi connectivity index (χ3v) is 6.15. The number of hydrogen-bond acceptors (Lipinski definition) is 6. The molecule has 0 bridgehead atoms. The number of nitrogens with zero attached hydrogens (tertiary/aromatic N) is 2. The Bertz CT molecular complexity index is 736. The van der Waals surface area contributed by atoms with Crippen molar-refractivity contribution < 1.29 is 13.5 Å². The van der Waals surface area contributed by atoms with Crippen molar-refractivity contribution in [2.24, 2.45) is 5.41 Å². The first kappa shape index (κ1) is 14.8. The number of aromatic nitrogens is 2. The standard InChI is InChI=1S/C13H17N3O3S2/c17-9-13(6-1-2-7-13)8-14-21(18,19)11-5-3-4-10-12(11)16-20-15-10/h3-5,14,17H,1-2,6-9H2. The number of hydrogen-bond donors (Lipinski definition) is 2. The van der Waals surface area contributed by atoms with Crippen LogP contribution in [0.4, 0.5) is 0 Å². The lowest BCUT2D eigenvalue weighted by atomic mass is 9.88. The molecule has 0 saturated heterocycles. The fraction of sp³-hybridized carbons (Fsp3) is 0.538. The average Bonchev–Trinajstić information content (AvgIpc) is 3.14. The SMILES string of the molecule is O=S(=O)(NCC1(CO)CCCC1)c1cccc2nsnc12. The third-order valence-electron chi connectivity index (χ3n) is 4.18. The highest BCUT2D eigenvalue weighted by Crippen LogP contribution is 2.37. The summed E-state index contributed by atoms with van der Waals surface area (Å²) < 4.78 is 35.8. The normalized spacial score (nSPS) is 18.3. The molecule has 0 radical (unpaired) electrons. The maximum absolute atomic E-state index is 12.5. The van der Waals surface area contributed by atoms with E-state index in [2.05, 4.69) is 13.5 Å². The lowest BCUT2D eigenvalue weighted by molar-refractivity contribution is 0.134. The van der Waals surface area contributed by atoms with Crippen molar-refractivity contribution in [1.29, 1.82) is 0 Å². The second-order valence-electron chi connectivity index (χ2n) is 5.58. The highest BCUT2D eigenvalue weighted by Gasteiger charge is 2.34. The molecule has 1 aromatic heterocycles.